The average molecular weight is 544 g/mol. The van der Waals surface area contributed by atoms with Gasteiger partial charge in [-0.3, -0.25) is 19.5 Å². The van der Waals surface area contributed by atoms with E-state index in [0.29, 0.717) is 29.1 Å². The van der Waals surface area contributed by atoms with E-state index in [2.05, 4.69) is 23.7 Å². The molecule has 20 heteroatoms. The molecule has 0 saturated carbocycles. The second-order valence-corrected chi connectivity index (χ2v) is 9.19. The Balaban J connectivity index is 0.000000345. The van der Waals surface area contributed by atoms with Gasteiger partial charge in [-0.2, -0.15) is 21.9 Å². The van der Waals surface area contributed by atoms with Crippen molar-refractivity contribution in [3.63, 3.8) is 0 Å². The fraction of sp³-hybridized carbons (Fsp3) is 0.188. The van der Waals surface area contributed by atoms with E-state index in [1.54, 1.807) is 37.4 Å². The third kappa shape index (κ3) is 6.11. The zero-order valence-electron chi connectivity index (χ0n) is 18.3. The highest BCUT2D eigenvalue weighted by atomic mass is 32.3. The van der Waals surface area contributed by atoms with Gasteiger partial charge in [0.25, 0.3) is 0 Å². The van der Waals surface area contributed by atoms with Gasteiger partial charge >= 0.3 is 26.6 Å². The molecule has 18 nitrogen and oxygen atoms in total. The van der Waals surface area contributed by atoms with E-state index in [9.17, 15) is 26.9 Å². The molecule has 0 aliphatic heterocycles. The van der Waals surface area contributed by atoms with Gasteiger partial charge in [0.15, 0.2) is 11.3 Å². The molecule has 0 bridgehead atoms. The minimum atomic E-state index is -5.12. The predicted octanol–water partition coefficient (Wildman–Crippen LogP) is -0.390. The number of aryl methyl sites for hydroxylation is 1. The Labute approximate surface area is 202 Å². The lowest BCUT2D eigenvalue weighted by Crippen LogP contribution is -2.22. The van der Waals surface area contributed by atoms with E-state index in [4.69, 9.17) is 14.5 Å². The highest BCUT2D eigenvalue weighted by Crippen LogP contribution is 2.25. The number of rotatable bonds is 6. The van der Waals surface area contributed by atoms with Crippen molar-refractivity contribution >= 4 is 37.6 Å². The molecule has 0 fully saturated rings. The Morgan fingerprint density at radius 2 is 1.81 bits per heavy atom. The minimum Gasteiger partial charge on any atom is -0.358 e. The first-order chi connectivity index (χ1) is 16.7. The van der Waals surface area contributed by atoms with E-state index >= 15 is 0 Å². The van der Waals surface area contributed by atoms with Gasteiger partial charge in [0.2, 0.25) is 5.82 Å². The Hall–Kier alpha value is -4.11. The number of hydrogen-bond acceptors (Lipinski definition) is 12. The fourth-order valence-electron chi connectivity index (χ4n) is 3.07. The molecular weight excluding hydrogens is 526 g/mol. The average Bonchev–Trinajstić information content (AvgIpc) is 3.29. The van der Waals surface area contributed by atoms with Crippen LogP contribution < -0.4 is 5.49 Å². The molecule has 4 aromatic rings. The number of imidazole rings is 1. The van der Waals surface area contributed by atoms with Crippen molar-refractivity contribution in [3.8, 4) is 11.5 Å². The highest BCUT2D eigenvalue weighted by molar-refractivity contribution is 7.94. The van der Waals surface area contributed by atoms with E-state index in [-0.39, 0.29) is 11.3 Å². The number of nitrogens with zero attached hydrogens (tertiary/aromatic N) is 8. The van der Waals surface area contributed by atoms with Gasteiger partial charge < -0.3 is 14.7 Å². The first kappa shape index (κ1) is 26.5. The van der Waals surface area contributed by atoms with E-state index in [1.807, 2.05) is 12.1 Å². The topological polar surface area (TPSA) is 251 Å². The number of pyridine rings is 1. The molecule has 0 aliphatic carbocycles. The van der Waals surface area contributed by atoms with Crippen LogP contribution >= 0.6 is 0 Å². The SMILES string of the molecule is Cn1c([N+](=O)[O-])cnc1-c1nn(C)c2ncn(Cc3cccnc3)c(=N)c12.O=S(=O)(O)OS(=O)(=O)O. The van der Waals surface area contributed by atoms with Gasteiger partial charge in [-0.1, -0.05) is 6.07 Å². The lowest BCUT2D eigenvalue weighted by atomic mass is 10.2. The zero-order valence-corrected chi connectivity index (χ0v) is 20.0. The third-order valence-electron chi connectivity index (χ3n) is 4.47. The van der Waals surface area contributed by atoms with Crippen molar-refractivity contribution < 1.29 is 34.5 Å². The van der Waals surface area contributed by atoms with Gasteiger partial charge in [0.05, 0.1) is 25.3 Å². The molecule has 0 spiro atoms. The summed E-state index contributed by atoms with van der Waals surface area (Å²) in [4.78, 5) is 23.2. The van der Waals surface area contributed by atoms with Crippen LogP contribution in [-0.4, -0.2) is 64.7 Å². The molecule has 0 radical (unpaired) electrons. The zero-order chi connectivity index (χ0) is 26.8. The molecule has 0 unspecified atom stereocenters. The lowest BCUT2D eigenvalue weighted by Gasteiger charge is -2.07. The van der Waals surface area contributed by atoms with Crippen LogP contribution in [0, 0.1) is 15.5 Å². The molecule has 0 amide bonds. The summed E-state index contributed by atoms with van der Waals surface area (Å²) < 4.78 is 60.1. The summed E-state index contributed by atoms with van der Waals surface area (Å²) in [7, 11) is -6.98. The number of fused-ring (bicyclic) bond motifs is 1. The number of nitrogens with one attached hydrogen (secondary N) is 1. The van der Waals surface area contributed by atoms with Crippen LogP contribution in [0.25, 0.3) is 22.6 Å². The fourth-order valence-corrected chi connectivity index (χ4v) is 3.94. The molecule has 0 aliphatic rings. The molecule has 36 heavy (non-hydrogen) atoms. The molecule has 0 saturated heterocycles. The number of nitro groups is 1. The first-order valence-corrected chi connectivity index (χ1v) is 12.1. The monoisotopic (exact) mass is 543 g/mol. The maximum absolute atomic E-state index is 11.1. The van der Waals surface area contributed by atoms with Crippen LogP contribution in [-0.2, 0) is 45.1 Å². The third-order valence-corrected chi connectivity index (χ3v) is 5.85. The van der Waals surface area contributed by atoms with Gasteiger partial charge in [0.1, 0.15) is 11.7 Å². The van der Waals surface area contributed by atoms with Crippen molar-refractivity contribution in [1.29, 1.82) is 5.41 Å². The Morgan fingerprint density at radius 1 is 1.14 bits per heavy atom. The van der Waals surface area contributed by atoms with Crippen molar-refractivity contribution in [2.24, 2.45) is 14.1 Å². The second-order valence-electron chi connectivity index (χ2n) is 6.93. The molecule has 3 N–H and O–H groups in total. The maximum atomic E-state index is 11.1. The van der Waals surface area contributed by atoms with E-state index in [0.717, 1.165) is 5.56 Å². The molecule has 0 atom stereocenters. The molecule has 0 aromatic carbocycles. The largest absolute Gasteiger partial charge is 0.413 e. The van der Waals surface area contributed by atoms with Gasteiger partial charge in [-0.25, -0.2) is 19.2 Å². The smallest absolute Gasteiger partial charge is 0.358 e. The van der Waals surface area contributed by atoms with Crippen molar-refractivity contribution in [1.82, 2.24) is 33.9 Å². The van der Waals surface area contributed by atoms with Crippen LogP contribution in [0.5, 0.6) is 0 Å². The molecule has 4 heterocycles. The van der Waals surface area contributed by atoms with Gasteiger partial charge in [-0.15, -0.1) is 3.63 Å². The molecule has 192 valence electrons. The lowest BCUT2D eigenvalue weighted by molar-refractivity contribution is -0.391. The standard InChI is InChI=1S/C16H15N9O2.H2O7S2/c1-22-11(25(26)27)7-19-16(22)13-12-14(17)24(8-10-4-3-5-18-6-10)9-20-15(12)23(2)21-13;1-8(2,3)7-9(4,5)6/h3-7,9,17H,8H2,1-2H3;(H,1,2,3)(H,4,5,6). The summed E-state index contributed by atoms with van der Waals surface area (Å²) in [6.07, 6.45) is 6.16. The Kier molecular flexibility index (Phi) is 7.26. The van der Waals surface area contributed by atoms with Gasteiger partial charge in [-0.05, 0) is 16.6 Å². The molecular formula is C16H17N9O9S2. The van der Waals surface area contributed by atoms with Crippen molar-refractivity contribution in [3.05, 3.63) is 58.2 Å². The summed E-state index contributed by atoms with van der Waals surface area (Å²) in [6.45, 7) is 0.421. The van der Waals surface area contributed by atoms with Crippen LogP contribution in [0.15, 0.2) is 37.1 Å². The van der Waals surface area contributed by atoms with Gasteiger partial charge in [0, 0.05) is 19.4 Å². The van der Waals surface area contributed by atoms with Crippen LogP contribution in [0.4, 0.5) is 5.82 Å². The summed E-state index contributed by atoms with van der Waals surface area (Å²) in [6, 6.07) is 3.74. The molecule has 4 aromatic heterocycles. The van der Waals surface area contributed by atoms with Crippen LogP contribution in [0.3, 0.4) is 0 Å². The highest BCUT2D eigenvalue weighted by Gasteiger charge is 2.25. The Morgan fingerprint density at radius 3 is 2.31 bits per heavy atom. The van der Waals surface area contributed by atoms with Crippen LogP contribution in [0.1, 0.15) is 5.56 Å². The Bertz CT molecular complexity index is 1680. The quantitative estimate of drug-likeness (QED) is 0.159. The number of hydrogen-bond donors (Lipinski definition) is 3. The summed E-state index contributed by atoms with van der Waals surface area (Å²) in [5, 5.41) is 24.6. The molecule has 4 rings (SSSR count). The normalized spacial score (nSPS) is 11.8. The summed E-state index contributed by atoms with van der Waals surface area (Å²) in [5.41, 5.74) is 2.00. The summed E-state index contributed by atoms with van der Waals surface area (Å²) in [5.74, 6) is 0.157. The van der Waals surface area contributed by atoms with E-state index < -0.39 is 25.7 Å². The van der Waals surface area contributed by atoms with E-state index in [1.165, 1.54) is 15.4 Å². The summed E-state index contributed by atoms with van der Waals surface area (Å²) >= 11 is 0. The second kappa shape index (κ2) is 9.87. The first-order valence-electron chi connectivity index (χ1n) is 9.36. The van der Waals surface area contributed by atoms with Crippen LogP contribution in [0.2, 0.25) is 0 Å². The minimum absolute atomic E-state index is 0.150. The van der Waals surface area contributed by atoms with Crippen molar-refractivity contribution in [2.75, 3.05) is 0 Å². The van der Waals surface area contributed by atoms with Crippen molar-refractivity contribution in [2.45, 2.75) is 6.54 Å². The predicted molar refractivity (Wildman–Crippen MR) is 119 cm³/mol. The number of aromatic nitrogens is 7. The maximum Gasteiger partial charge on any atom is 0.413 e.